The Kier molecular flexibility index (Phi) is 6.03. The number of hydrogen-bond donors (Lipinski definition) is 2. The second-order valence-electron chi connectivity index (χ2n) is 6.72. The molecule has 0 saturated heterocycles. The van der Waals surface area contributed by atoms with E-state index in [4.69, 9.17) is 5.73 Å². The van der Waals surface area contributed by atoms with Gasteiger partial charge in [-0.2, -0.15) is 0 Å². The standard InChI is InChI=1S/C20H24N4O3/c21-11-13-23(12-10-15-4-2-1-3-5-15)20(25)16-6-9-18(22-17-7-8-17)19(14-16)24(26)27/h1-6,9,14,17,22H,7-8,10-13,21H2. The number of anilines is 1. The molecule has 0 radical (unpaired) electrons. The van der Waals surface area contributed by atoms with Crippen molar-refractivity contribution in [2.75, 3.05) is 25.0 Å². The molecular weight excluding hydrogens is 344 g/mol. The highest BCUT2D eigenvalue weighted by atomic mass is 16.6. The fourth-order valence-corrected chi connectivity index (χ4v) is 2.95. The lowest BCUT2D eigenvalue weighted by molar-refractivity contribution is -0.384. The molecule has 0 aromatic heterocycles. The summed E-state index contributed by atoms with van der Waals surface area (Å²) < 4.78 is 0. The molecule has 0 atom stereocenters. The first kappa shape index (κ1) is 18.8. The van der Waals surface area contributed by atoms with E-state index in [0.29, 0.717) is 43.3 Å². The van der Waals surface area contributed by atoms with Crippen molar-refractivity contribution in [3.63, 3.8) is 0 Å². The number of carbonyl (C=O) groups excluding carboxylic acids is 1. The molecule has 1 aliphatic rings. The SMILES string of the molecule is NCCN(CCc1ccccc1)C(=O)c1ccc(NC2CC2)c([N+](=O)[O-])c1. The van der Waals surface area contributed by atoms with Gasteiger partial charge in [-0.25, -0.2) is 0 Å². The second kappa shape index (κ2) is 8.64. The molecule has 142 valence electrons. The normalized spacial score (nSPS) is 13.2. The summed E-state index contributed by atoms with van der Waals surface area (Å²) in [7, 11) is 0. The lowest BCUT2D eigenvalue weighted by Gasteiger charge is -2.22. The number of nitrogens with two attached hydrogens (primary N) is 1. The minimum Gasteiger partial charge on any atom is -0.377 e. The number of nitrogens with one attached hydrogen (secondary N) is 1. The first-order chi connectivity index (χ1) is 13.1. The number of rotatable bonds is 9. The van der Waals surface area contributed by atoms with Crippen molar-refractivity contribution in [3.05, 3.63) is 69.8 Å². The summed E-state index contributed by atoms with van der Waals surface area (Å²) in [5.41, 5.74) is 7.50. The summed E-state index contributed by atoms with van der Waals surface area (Å²) in [4.78, 5) is 25.5. The van der Waals surface area contributed by atoms with Crippen LogP contribution in [0.5, 0.6) is 0 Å². The minimum absolute atomic E-state index is 0.0662. The zero-order valence-corrected chi connectivity index (χ0v) is 15.1. The molecule has 1 amide bonds. The Labute approximate surface area is 158 Å². The van der Waals surface area contributed by atoms with Gasteiger partial charge in [0.05, 0.1) is 4.92 Å². The fraction of sp³-hybridized carbons (Fsp3) is 0.350. The third kappa shape index (κ3) is 5.04. The largest absolute Gasteiger partial charge is 0.377 e. The average molecular weight is 368 g/mol. The molecule has 3 N–H and O–H groups in total. The summed E-state index contributed by atoms with van der Waals surface area (Å²) in [6.45, 7) is 1.25. The van der Waals surface area contributed by atoms with Crippen LogP contribution in [0.15, 0.2) is 48.5 Å². The smallest absolute Gasteiger partial charge is 0.293 e. The van der Waals surface area contributed by atoms with Crippen LogP contribution in [0.25, 0.3) is 0 Å². The molecular formula is C20H24N4O3. The number of nitrogens with zero attached hydrogens (tertiary/aromatic N) is 2. The fourth-order valence-electron chi connectivity index (χ4n) is 2.95. The summed E-state index contributed by atoms with van der Waals surface area (Å²) in [6, 6.07) is 14.8. The second-order valence-corrected chi connectivity index (χ2v) is 6.72. The van der Waals surface area contributed by atoms with Crippen LogP contribution in [0.2, 0.25) is 0 Å². The lowest BCUT2D eigenvalue weighted by atomic mass is 10.1. The predicted molar refractivity (Wildman–Crippen MR) is 105 cm³/mol. The molecule has 2 aromatic rings. The van der Waals surface area contributed by atoms with Crippen LogP contribution in [0.3, 0.4) is 0 Å². The van der Waals surface area contributed by atoms with Crippen LogP contribution in [0, 0.1) is 10.1 Å². The molecule has 3 rings (SSSR count). The van der Waals surface area contributed by atoms with Crippen molar-refractivity contribution in [2.45, 2.75) is 25.3 Å². The predicted octanol–water partition coefficient (Wildman–Crippen LogP) is 2.81. The quantitative estimate of drug-likeness (QED) is 0.523. The van der Waals surface area contributed by atoms with E-state index in [-0.39, 0.29) is 11.6 Å². The van der Waals surface area contributed by atoms with Gasteiger partial charge in [0, 0.05) is 37.3 Å². The van der Waals surface area contributed by atoms with E-state index < -0.39 is 4.92 Å². The van der Waals surface area contributed by atoms with Gasteiger partial charge >= 0.3 is 0 Å². The number of carbonyl (C=O) groups is 1. The van der Waals surface area contributed by atoms with Crippen molar-refractivity contribution in [2.24, 2.45) is 5.73 Å². The highest BCUT2D eigenvalue weighted by Gasteiger charge is 2.26. The molecule has 0 unspecified atom stereocenters. The highest BCUT2D eigenvalue weighted by Crippen LogP contribution is 2.31. The third-order valence-electron chi connectivity index (χ3n) is 4.58. The molecule has 1 aliphatic carbocycles. The minimum atomic E-state index is -0.446. The first-order valence-electron chi connectivity index (χ1n) is 9.16. The van der Waals surface area contributed by atoms with Gasteiger partial charge in [-0.1, -0.05) is 30.3 Å². The van der Waals surface area contributed by atoms with E-state index in [1.165, 1.54) is 6.07 Å². The number of amides is 1. The van der Waals surface area contributed by atoms with Crippen LogP contribution in [0.1, 0.15) is 28.8 Å². The van der Waals surface area contributed by atoms with Crippen molar-refractivity contribution in [1.82, 2.24) is 4.90 Å². The Morgan fingerprint density at radius 1 is 1.19 bits per heavy atom. The average Bonchev–Trinajstić information content (AvgIpc) is 3.49. The molecule has 27 heavy (non-hydrogen) atoms. The lowest BCUT2D eigenvalue weighted by Crippen LogP contribution is -2.37. The number of nitro benzene ring substituents is 1. The van der Waals surface area contributed by atoms with Gasteiger partial charge < -0.3 is 16.0 Å². The highest BCUT2D eigenvalue weighted by molar-refractivity contribution is 5.95. The molecule has 1 saturated carbocycles. The summed E-state index contributed by atoms with van der Waals surface area (Å²) >= 11 is 0. The third-order valence-corrected chi connectivity index (χ3v) is 4.58. The summed E-state index contributed by atoms with van der Waals surface area (Å²) in [6.07, 6.45) is 2.74. The van der Waals surface area contributed by atoms with E-state index in [9.17, 15) is 14.9 Å². The van der Waals surface area contributed by atoms with E-state index in [2.05, 4.69) is 5.32 Å². The molecule has 7 nitrogen and oxygen atoms in total. The van der Waals surface area contributed by atoms with Crippen LogP contribution in [0.4, 0.5) is 11.4 Å². The topological polar surface area (TPSA) is 102 Å². The molecule has 7 heteroatoms. The number of benzene rings is 2. The molecule has 1 fully saturated rings. The van der Waals surface area contributed by atoms with E-state index in [1.807, 2.05) is 30.3 Å². The van der Waals surface area contributed by atoms with Gasteiger partial charge in [-0.15, -0.1) is 0 Å². The maximum absolute atomic E-state index is 12.9. The van der Waals surface area contributed by atoms with Gasteiger partial charge in [-0.05, 0) is 37.0 Å². The molecule has 0 heterocycles. The maximum atomic E-state index is 12.9. The van der Waals surface area contributed by atoms with Crippen LogP contribution in [-0.2, 0) is 6.42 Å². The summed E-state index contributed by atoms with van der Waals surface area (Å²) in [5, 5.41) is 14.6. The van der Waals surface area contributed by atoms with Crippen molar-refractivity contribution in [3.8, 4) is 0 Å². The zero-order valence-electron chi connectivity index (χ0n) is 15.1. The van der Waals surface area contributed by atoms with Gasteiger partial charge in [-0.3, -0.25) is 14.9 Å². The van der Waals surface area contributed by atoms with E-state index in [1.54, 1.807) is 17.0 Å². The molecule has 0 aliphatic heterocycles. The maximum Gasteiger partial charge on any atom is 0.293 e. The van der Waals surface area contributed by atoms with E-state index in [0.717, 1.165) is 18.4 Å². The van der Waals surface area contributed by atoms with Gasteiger partial charge in [0.25, 0.3) is 11.6 Å². The van der Waals surface area contributed by atoms with Crippen molar-refractivity contribution >= 4 is 17.3 Å². The molecule has 2 aromatic carbocycles. The van der Waals surface area contributed by atoms with Crippen LogP contribution >= 0.6 is 0 Å². The Morgan fingerprint density at radius 3 is 2.56 bits per heavy atom. The Balaban J connectivity index is 1.76. The van der Waals surface area contributed by atoms with Gasteiger partial charge in [0.2, 0.25) is 0 Å². The summed E-state index contributed by atoms with van der Waals surface area (Å²) in [5.74, 6) is -0.238. The monoisotopic (exact) mass is 368 g/mol. The Morgan fingerprint density at radius 2 is 1.93 bits per heavy atom. The van der Waals surface area contributed by atoms with Crippen LogP contribution in [-0.4, -0.2) is 41.4 Å². The number of nitro groups is 1. The molecule has 0 bridgehead atoms. The van der Waals surface area contributed by atoms with Crippen molar-refractivity contribution < 1.29 is 9.72 Å². The Hall–Kier alpha value is -2.93. The van der Waals surface area contributed by atoms with Crippen molar-refractivity contribution in [1.29, 1.82) is 0 Å². The Bertz CT molecular complexity index is 806. The van der Waals surface area contributed by atoms with Gasteiger partial charge in [0.15, 0.2) is 0 Å². The first-order valence-corrected chi connectivity index (χ1v) is 9.16. The van der Waals surface area contributed by atoms with Crippen LogP contribution < -0.4 is 11.1 Å². The van der Waals surface area contributed by atoms with E-state index >= 15 is 0 Å². The van der Waals surface area contributed by atoms with Gasteiger partial charge in [0.1, 0.15) is 5.69 Å². The number of hydrogen-bond acceptors (Lipinski definition) is 5. The molecule has 0 spiro atoms. The zero-order chi connectivity index (χ0) is 19.2.